The molecule has 1 atom stereocenters. The Morgan fingerprint density at radius 2 is 1.80 bits per heavy atom. The number of aromatic nitrogens is 1. The summed E-state index contributed by atoms with van der Waals surface area (Å²) in [6.45, 7) is 6.79. The van der Waals surface area contributed by atoms with Crippen LogP contribution < -0.4 is 4.90 Å². The second-order valence-corrected chi connectivity index (χ2v) is 7.57. The molecule has 2 aliphatic heterocycles. The molecule has 0 saturated carbocycles. The topological polar surface area (TPSA) is 19.4 Å². The van der Waals surface area contributed by atoms with E-state index in [2.05, 4.69) is 59.3 Å². The molecule has 2 aliphatic rings. The van der Waals surface area contributed by atoms with Crippen molar-refractivity contribution in [2.75, 3.05) is 24.5 Å². The summed E-state index contributed by atoms with van der Waals surface area (Å²) in [5.41, 5.74) is 4.14. The molecule has 25 heavy (non-hydrogen) atoms. The van der Waals surface area contributed by atoms with E-state index in [1.165, 1.54) is 61.2 Å². The van der Waals surface area contributed by atoms with E-state index < -0.39 is 0 Å². The molecule has 0 bridgehead atoms. The summed E-state index contributed by atoms with van der Waals surface area (Å²) < 4.78 is 0. The molecule has 0 spiro atoms. The normalized spacial score (nSPS) is 21.6. The smallest absolute Gasteiger partial charge is 0.131 e. The lowest BCUT2D eigenvalue weighted by atomic mass is 10.0. The lowest BCUT2D eigenvalue weighted by Gasteiger charge is -2.30. The van der Waals surface area contributed by atoms with Gasteiger partial charge in [0.05, 0.1) is 0 Å². The van der Waals surface area contributed by atoms with Crippen LogP contribution in [0, 0.1) is 6.92 Å². The number of nitrogens with zero attached hydrogens (tertiary/aromatic N) is 3. The zero-order valence-electron chi connectivity index (χ0n) is 15.3. The summed E-state index contributed by atoms with van der Waals surface area (Å²) in [5, 5.41) is 0. The van der Waals surface area contributed by atoms with E-state index in [0.717, 1.165) is 19.6 Å². The summed E-state index contributed by atoms with van der Waals surface area (Å²) >= 11 is 0. The van der Waals surface area contributed by atoms with Crippen molar-refractivity contribution in [1.29, 1.82) is 0 Å². The van der Waals surface area contributed by atoms with Crippen molar-refractivity contribution >= 4 is 5.82 Å². The lowest BCUT2D eigenvalue weighted by molar-refractivity contribution is 0.248. The van der Waals surface area contributed by atoms with Gasteiger partial charge in [-0.25, -0.2) is 4.98 Å². The standard InChI is InChI=1S/C22H29N3/c1-18-15-20(16-23-22(18)24-12-6-3-7-13-24)21-11-8-14-25(21)17-19-9-4-2-5-10-19/h2,4-5,9-10,15-16,21H,3,6-8,11-14,17H2,1H3/t21-/m0/s1. The Bertz CT molecular complexity index is 692. The van der Waals surface area contributed by atoms with Crippen LogP contribution in [0.4, 0.5) is 5.82 Å². The minimum atomic E-state index is 0.516. The fraction of sp³-hybridized carbons (Fsp3) is 0.500. The van der Waals surface area contributed by atoms with Crippen molar-refractivity contribution in [2.24, 2.45) is 0 Å². The van der Waals surface area contributed by atoms with Gasteiger partial charge in [0.1, 0.15) is 5.82 Å². The van der Waals surface area contributed by atoms with Crippen LogP contribution >= 0.6 is 0 Å². The molecule has 2 aromatic rings. The van der Waals surface area contributed by atoms with Crippen LogP contribution in [-0.4, -0.2) is 29.5 Å². The van der Waals surface area contributed by atoms with Crippen LogP contribution in [0.3, 0.4) is 0 Å². The Kier molecular flexibility index (Phi) is 5.02. The Labute approximate surface area is 151 Å². The summed E-state index contributed by atoms with van der Waals surface area (Å²) in [4.78, 5) is 9.98. The van der Waals surface area contributed by atoms with Gasteiger partial charge in [0.25, 0.3) is 0 Å². The summed E-state index contributed by atoms with van der Waals surface area (Å²) in [6, 6.07) is 13.7. The third-order valence-corrected chi connectivity index (χ3v) is 5.70. The molecule has 4 rings (SSSR count). The predicted octanol–water partition coefficient (Wildman–Crippen LogP) is 4.72. The Balaban J connectivity index is 1.51. The number of benzene rings is 1. The third kappa shape index (κ3) is 3.72. The zero-order valence-corrected chi connectivity index (χ0v) is 15.3. The van der Waals surface area contributed by atoms with E-state index in [1.807, 2.05) is 0 Å². The highest BCUT2D eigenvalue weighted by Gasteiger charge is 2.27. The van der Waals surface area contributed by atoms with Crippen LogP contribution in [-0.2, 0) is 6.54 Å². The zero-order chi connectivity index (χ0) is 17.1. The maximum atomic E-state index is 4.89. The molecule has 1 aromatic heterocycles. The molecule has 0 radical (unpaired) electrons. The number of hydrogen-bond donors (Lipinski definition) is 0. The Hall–Kier alpha value is -1.87. The molecule has 2 fully saturated rings. The average molecular weight is 335 g/mol. The highest BCUT2D eigenvalue weighted by Crippen LogP contribution is 2.34. The van der Waals surface area contributed by atoms with Crippen LogP contribution in [0.5, 0.6) is 0 Å². The van der Waals surface area contributed by atoms with E-state index in [0.29, 0.717) is 6.04 Å². The first-order valence-corrected chi connectivity index (χ1v) is 9.81. The number of hydrogen-bond acceptors (Lipinski definition) is 3. The van der Waals surface area contributed by atoms with E-state index >= 15 is 0 Å². The third-order valence-electron chi connectivity index (χ3n) is 5.70. The summed E-state index contributed by atoms with van der Waals surface area (Å²) in [5.74, 6) is 1.20. The second-order valence-electron chi connectivity index (χ2n) is 7.57. The Morgan fingerprint density at radius 3 is 2.56 bits per heavy atom. The van der Waals surface area contributed by atoms with Gasteiger partial charge in [0.15, 0.2) is 0 Å². The number of aryl methyl sites for hydroxylation is 1. The van der Waals surface area contributed by atoms with E-state index in [4.69, 9.17) is 4.98 Å². The fourth-order valence-electron chi connectivity index (χ4n) is 4.42. The van der Waals surface area contributed by atoms with Gasteiger partial charge in [-0.3, -0.25) is 4.90 Å². The van der Waals surface area contributed by atoms with Gasteiger partial charge >= 0.3 is 0 Å². The number of likely N-dealkylation sites (tertiary alicyclic amines) is 1. The maximum Gasteiger partial charge on any atom is 0.131 e. The van der Waals surface area contributed by atoms with Gasteiger partial charge in [-0.2, -0.15) is 0 Å². The summed E-state index contributed by atoms with van der Waals surface area (Å²) in [6.07, 6.45) is 8.64. The van der Waals surface area contributed by atoms with Gasteiger partial charge in [-0.05, 0) is 68.3 Å². The summed E-state index contributed by atoms with van der Waals surface area (Å²) in [7, 11) is 0. The molecule has 3 heteroatoms. The predicted molar refractivity (Wildman–Crippen MR) is 104 cm³/mol. The molecule has 0 unspecified atom stereocenters. The number of anilines is 1. The number of rotatable bonds is 4. The molecule has 2 saturated heterocycles. The van der Waals surface area contributed by atoms with Gasteiger partial charge in [0.2, 0.25) is 0 Å². The fourth-order valence-corrected chi connectivity index (χ4v) is 4.42. The van der Waals surface area contributed by atoms with Crippen molar-refractivity contribution in [2.45, 2.75) is 51.6 Å². The van der Waals surface area contributed by atoms with Crippen molar-refractivity contribution in [3.63, 3.8) is 0 Å². The van der Waals surface area contributed by atoms with Crippen LogP contribution in [0.2, 0.25) is 0 Å². The van der Waals surface area contributed by atoms with E-state index in [9.17, 15) is 0 Å². The van der Waals surface area contributed by atoms with Crippen molar-refractivity contribution in [3.05, 3.63) is 59.3 Å². The number of pyridine rings is 1. The SMILES string of the molecule is Cc1cc([C@@H]2CCCN2Cc2ccccc2)cnc1N1CCCCC1. The molecule has 1 aromatic carbocycles. The molecule has 0 N–H and O–H groups in total. The first-order chi connectivity index (χ1) is 12.3. The Morgan fingerprint density at radius 1 is 1.00 bits per heavy atom. The van der Waals surface area contributed by atoms with E-state index in [1.54, 1.807) is 0 Å². The quantitative estimate of drug-likeness (QED) is 0.806. The van der Waals surface area contributed by atoms with Crippen molar-refractivity contribution in [3.8, 4) is 0 Å². The molecule has 0 amide bonds. The molecule has 0 aliphatic carbocycles. The van der Waals surface area contributed by atoms with Gasteiger partial charge in [-0.15, -0.1) is 0 Å². The minimum Gasteiger partial charge on any atom is -0.356 e. The van der Waals surface area contributed by atoms with Crippen LogP contribution in [0.1, 0.15) is 54.8 Å². The monoisotopic (exact) mass is 335 g/mol. The minimum absolute atomic E-state index is 0.516. The highest BCUT2D eigenvalue weighted by molar-refractivity contribution is 5.48. The largest absolute Gasteiger partial charge is 0.356 e. The highest BCUT2D eigenvalue weighted by atomic mass is 15.2. The van der Waals surface area contributed by atoms with Crippen LogP contribution in [0.15, 0.2) is 42.6 Å². The lowest BCUT2D eigenvalue weighted by Crippen LogP contribution is -2.31. The van der Waals surface area contributed by atoms with Gasteiger partial charge < -0.3 is 4.90 Å². The average Bonchev–Trinajstić information content (AvgIpc) is 3.11. The van der Waals surface area contributed by atoms with E-state index in [-0.39, 0.29) is 0 Å². The molecule has 132 valence electrons. The van der Waals surface area contributed by atoms with Crippen molar-refractivity contribution < 1.29 is 0 Å². The number of piperidine rings is 1. The first-order valence-electron chi connectivity index (χ1n) is 9.81. The second kappa shape index (κ2) is 7.57. The molecule has 3 heterocycles. The molecular weight excluding hydrogens is 306 g/mol. The van der Waals surface area contributed by atoms with Crippen molar-refractivity contribution in [1.82, 2.24) is 9.88 Å². The molecule has 3 nitrogen and oxygen atoms in total. The first kappa shape index (κ1) is 16.6. The van der Waals surface area contributed by atoms with Crippen LogP contribution in [0.25, 0.3) is 0 Å². The van der Waals surface area contributed by atoms with Gasteiger partial charge in [-0.1, -0.05) is 30.3 Å². The van der Waals surface area contributed by atoms with Gasteiger partial charge in [0, 0.05) is 31.9 Å². The maximum absolute atomic E-state index is 4.89. The molecular formula is C22H29N3.